The van der Waals surface area contributed by atoms with Crippen molar-refractivity contribution in [3.63, 3.8) is 0 Å². The number of amides is 1. The first-order chi connectivity index (χ1) is 12.2. The summed E-state index contributed by atoms with van der Waals surface area (Å²) in [6, 6.07) is 8.31. The van der Waals surface area contributed by atoms with E-state index in [1.165, 1.54) is 16.5 Å². The molecule has 1 saturated heterocycles. The lowest BCUT2D eigenvalue weighted by Crippen LogP contribution is -2.41. The van der Waals surface area contributed by atoms with Gasteiger partial charge in [0.2, 0.25) is 5.91 Å². The summed E-state index contributed by atoms with van der Waals surface area (Å²) in [5.74, 6) is 0.629. The molecule has 1 fully saturated rings. The molecule has 1 amide bonds. The van der Waals surface area contributed by atoms with Gasteiger partial charge in [0.1, 0.15) is 0 Å². The molecule has 3 rings (SSSR count). The Labute approximate surface area is 149 Å². The average Bonchev–Trinajstić information content (AvgIpc) is 3.04. The summed E-state index contributed by atoms with van der Waals surface area (Å²) in [6.07, 6.45) is 4.46. The van der Waals surface area contributed by atoms with Gasteiger partial charge in [-0.25, -0.2) is 0 Å². The standard InChI is InChI=1S/C20H29N3O2/c1-16(15-23-9-11-25-12-10-23)13-22-20(24)8-4-5-17-14-21-19-7-3-2-6-18(17)19/h2-3,6-7,14,16,21H,4-5,8-13,15H2,1H3,(H,22,24). The van der Waals surface area contributed by atoms with Gasteiger partial charge in [-0.2, -0.15) is 0 Å². The predicted molar refractivity (Wildman–Crippen MR) is 101 cm³/mol. The van der Waals surface area contributed by atoms with Gasteiger partial charge in [-0.1, -0.05) is 25.1 Å². The first kappa shape index (κ1) is 18.0. The molecule has 2 heterocycles. The third-order valence-corrected chi connectivity index (χ3v) is 4.85. The van der Waals surface area contributed by atoms with Crippen molar-refractivity contribution in [3.8, 4) is 0 Å². The van der Waals surface area contributed by atoms with Crippen molar-refractivity contribution >= 4 is 16.8 Å². The zero-order chi connectivity index (χ0) is 17.5. The van der Waals surface area contributed by atoms with Gasteiger partial charge >= 0.3 is 0 Å². The van der Waals surface area contributed by atoms with E-state index in [1.807, 2.05) is 6.07 Å². The van der Waals surface area contributed by atoms with Gasteiger partial charge in [-0.3, -0.25) is 9.69 Å². The second-order valence-corrected chi connectivity index (χ2v) is 7.04. The van der Waals surface area contributed by atoms with Gasteiger partial charge in [0.05, 0.1) is 13.2 Å². The van der Waals surface area contributed by atoms with Crippen LogP contribution in [0.3, 0.4) is 0 Å². The fourth-order valence-electron chi connectivity index (χ4n) is 3.44. The van der Waals surface area contributed by atoms with E-state index in [9.17, 15) is 4.79 Å². The predicted octanol–water partition coefficient (Wildman–Crippen LogP) is 2.58. The van der Waals surface area contributed by atoms with Crippen LogP contribution < -0.4 is 5.32 Å². The van der Waals surface area contributed by atoms with E-state index in [0.29, 0.717) is 12.3 Å². The first-order valence-corrected chi connectivity index (χ1v) is 9.34. The number of aromatic nitrogens is 1. The van der Waals surface area contributed by atoms with E-state index in [1.54, 1.807) is 0 Å². The molecule has 0 saturated carbocycles. The van der Waals surface area contributed by atoms with Crippen molar-refractivity contribution in [3.05, 3.63) is 36.0 Å². The molecule has 5 heteroatoms. The van der Waals surface area contributed by atoms with Crippen LogP contribution >= 0.6 is 0 Å². The Morgan fingerprint density at radius 2 is 2.12 bits per heavy atom. The van der Waals surface area contributed by atoms with Crippen molar-refractivity contribution in [1.82, 2.24) is 15.2 Å². The number of rotatable bonds is 8. The number of morpholine rings is 1. The number of nitrogens with zero attached hydrogens (tertiary/aromatic N) is 1. The molecule has 136 valence electrons. The maximum atomic E-state index is 12.1. The summed E-state index contributed by atoms with van der Waals surface area (Å²) in [6.45, 7) is 7.63. The minimum absolute atomic E-state index is 0.161. The Kier molecular flexibility index (Phi) is 6.48. The van der Waals surface area contributed by atoms with Crippen LogP contribution in [0.5, 0.6) is 0 Å². The second kappa shape index (κ2) is 9.02. The Bertz CT molecular complexity index is 676. The van der Waals surface area contributed by atoms with Crippen LogP contribution in [-0.2, 0) is 16.0 Å². The van der Waals surface area contributed by atoms with E-state index >= 15 is 0 Å². The van der Waals surface area contributed by atoms with Crippen molar-refractivity contribution < 1.29 is 9.53 Å². The summed E-state index contributed by atoms with van der Waals surface area (Å²) in [7, 11) is 0. The molecular formula is C20H29N3O2. The third kappa shape index (κ3) is 5.31. The van der Waals surface area contributed by atoms with Gasteiger partial charge in [0, 0.05) is 49.7 Å². The molecule has 0 spiro atoms. The van der Waals surface area contributed by atoms with Crippen molar-refractivity contribution in [2.45, 2.75) is 26.2 Å². The van der Waals surface area contributed by atoms with Crippen molar-refractivity contribution in [2.24, 2.45) is 5.92 Å². The van der Waals surface area contributed by atoms with Crippen LogP contribution in [0, 0.1) is 5.92 Å². The molecule has 0 radical (unpaired) electrons. The Hall–Kier alpha value is -1.85. The van der Waals surface area contributed by atoms with Gasteiger partial charge in [0.15, 0.2) is 0 Å². The molecule has 1 unspecified atom stereocenters. The maximum Gasteiger partial charge on any atom is 0.220 e. The monoisotopic (exact) mass is 343 g/mol. The number of fused-ring (bicyclic) bond motifs is 1. The lowest BCUT2D eigenvalue weighted by molar-refractivity contribution is -0.121. The molecule has 1 atom stereocenters. The zero-order valence-corrected chi connectivity index (χ0v) is 15.1. The molecule has 1 aliphatic rings. The SMILES string of the molecule is CC(CNC(=O)CCCc1c[nH]c2ccccc12)CN1CCOCC1. The summed E-state index contributed by atoms with van der Waals surface area (Å²) < 4.78 is 5.37. The van der Waals surface area contributed by atoms with Crippen LogP contribution in [-0.4, -0.2) is 55.2 Å². The number of hydrogen-bond donors (Lipinski definition) is 2. The van der Waals surface area contributed by atoms with Crippen molar-refractivity contribution in [1.29, 1.82) is 0 Å². The van der Waals surface area contributed by atoms with E-state index in [4.69, 9.17) is 4.74 Å². The number of benzene rings is 1. The number of para-hydroxylation sites is 1. The molecule has 1 aromatic heterocycles. The zero-order valence-electron chi connectivity index (χ0n) is 15.1. The van der Waals surface area contributed by atoms with E-state index in [0.717, 1.165) is 52.2 Å². The molecule has 5 nitrogen and oxygen atoms in total. The topological polar surface area (TPSA) is 57.4 Å². The highest BCUT2D eigenvalue weighted by molar-refractivity contribution is 5.83. The van der Waals surface area contributed by atoms with Crippen LogP contribution in [0.25, 0.3) is 10.9 Å². The highest BCUT2D eigenvalue weighted by Crippen LogP contribution is 2.19. The molecule has 0 bridgehead atoms. The normalized spacial score (nSPS) is 16.8. The van der Waals surface area contributed by atoms with E-state index in [-0.39, 0.29) is 5.91 Å². The lowest BCUT2D eigenvalue weighted by Gasteiger charge is -2.29. The van der Waals surface area contributed by atoms with Crippen LogP contribution in [0.1, 0.15) is 25.3 Å². The Morgan fingerprint density at radius 3 is 2.96 bits per heavy atom. The van der Waals surface area contributed by atoms with E-state index < -0.39 is 0 Å². The summed E-state index contributed by atoms with van der Waals surface area (Å²) in [5.41, 5.74) is 2.46. The molecule has 2 N–H and O–H groups in total. The Morgan fingerprint density at radius 1 is 1.32 bits per heavy atom. The number of carbonyl (C=O) groups excluding carboxylic acids is 1. The number of aromatic amines is 1. The summed E-state index contributed by atoms with van der Waals surface area (Å²) >= 11 is 0. The number of nitrogens with one attached hydrogen (secondary N) is 2. The Balaban J connectivity index is 1.34. The number of aryl methyl sites for hydroxylation is 1. The van der Waals surface area contributed by atoms with Gasteiger partial charge in [-0.15, -0.1) is 0 Å². The van der Waals surface area contributed by atoms with Crippen molar-refractivity contribution in [2.75, 3.05) is 39.4 Å². The minimum atomic E-state index is 0.161. The average molecular weight is 343 g/mol. The summed E-state index contributed by atoms with van der Waals surface area (Å²) in [5, 5.41) is 4.35. The summed E-state index contributed by atoms with van der Waals surface area (Å²) in [4.78, 5) is 17.8. The fourth-order valence-corrected chi connectivity index (χ4v) is 3.44. The van der Waals surface area contributed by atoms with Crippen LogP contribution in [0.15, 0.2) is 30.5 Å². The molecule has 1 aromatic carbocycles. The fraction of sp³-hybridized carbons (Fsp3) is 0.550. The van der Waals surface area contributed by atoms with Gasteiger partial charge in [0.25, 0.3) is 0 Å². The smallest absolute Gasteiger partial charge is 0.220 e. The number of H-pyrrole nitrogens is 1. The molecule has 2 aromatic rings. The quantitative estimate of drug-likeness (QED) is 0.774. The van der Waals surface area contributed by atoms with Crippen LogP contribution in [0.2, 0.25) is 0 Å². The number of carbonyl (C=O) groups is 1. The highest BCUT2D eigenvalue weighted by atomic mass is 16.5. The van der Waals surface area contributed by atoms with Gasteiger partial charge in [-0.05, 0) is 30.4 Å². The number of hydrogen-bond acceptors (Lipinski definition) is 3. The number of ether oxygens (including phenoxy) is 1. The first-order valence-electron chi connectivity index (χ1n) is 9.34. The molecule has 25 heavy (non-hydrogen) atoms. The molecule has 1 aliphatic heterocycles. The molecular weight excluding hydrogens is 314 g/mol. The van der Waals surface area contributed by atoms with E-state index in [2.05, 4.69) is 46.5 Å². The highest BCUT2D eigenvalue weighted by Gasteiger charge is 2.14. The third-order valence-electron chi connectivity index (χ3n) is 4.85. The lowest BCUT2D eigenvalue weighted by atomic mass is 10.1. The minimum Gasteiger partial charge on any atom is -0.379 e. The second-order valence-electron chi connectivity index (χ2n) is 7.04. The maximum absolute atomic E-state index is 12.1. The largest absolute Gasteiger partial charge is 0.379 e. The molecule has 0 aliphatic carbocycles. The van der Waals surface area contributed by atoms with Gasteiger partial charge < -0.3 is 15.0 Å². The van der Waals surface area contributed by atoms with Crippen LogP contribution in [0.4, 0.5) is 0 Å².